The van der Waals surface area contributed by atoms with Crippen LogP contribution < -0.4 is 4.74 Å². The van der Waals surface area contributed by atoms with E-state index in [2.05, 4.69) is 18.7 Å². The van der Waals surface area contributed by atoms with Crippen molar-refractivity contribution in [3.8, 4) is 5.75 Å². The first kappa shape index (κ1) is 15.6. The van der Waals surface area contributed by atoms with E-state index in [9.17, 15) is 5.11 Å². The van der Waals surface area contributed by atoms with Gasteiger partial charge in [-0.3, -0.25) is 0 Å². The highest BCUT2D eigenvalue weighted by atomic mass is 35.5. The number of hydrogen-bond acceptors (Lipinski definition) is 3. The summed E-state index contributed by atoms with van der Waals surface area (Å²) in [4.78, 5) is 2.47. The first-order valence-corrected chi connectivity index (χ1v) is 7.71. The fourth-order valence-corrected chi connectivity index (χ4v) is 2.87. The molecule has 2 unspecified atom stereocenters. The monoisotopic (exact) mass is 297 g/mol. The Kier molecular flexibility index (Phi) is 5.70. The quantitative estimate of drug-likeness (QED) is 0.876. The van der Waals surface area contributed by atoms with E-state index in [1.807, 2.05) is 24.3 Å². The summed E-state index contributed by atoms with van der Waals surface area (Å²) in [6.07, 6.45) is 1.15. The molecule has 1 aliphatic rings. The van der Waals surface area contributed by atoms with Crippen molar-refractivity contribution in [2.45, 2.75) is 26.3 Å². The average Bonchev–Trinajstić information content (AvgIpc) is 2.91. The Morgan fingerprint density at radius 3 is 2.60 bits per heavy atom. The second kappa shape index (κ2) is 7.30. The van der Waals surface area contributed by atoms with Gasteiger partial charge in [0.25, 0.3) is 0 Å². The zero-order valence-corrected chi connectivity index (χ0v) is 13.0. The SMILES string of the molecule is CC(C)N1CCC(C(CO)COc2ccc(Cl)cc2)C1. The van der Waals surface area contributed by atoms with Crippen LogP contribution in [-0.4, -0.2) is 42.4 Å². The number of halogens is 1. The standard InChI is InChI=1S/C16H24ClNO2/c1-12(2)18-8-7-13(9-18)14(10-19)11-20-16-5-3-15(17)4-6-16/h3-6,12-14,19H,7-11H2,1-2H3. The van der Waals surface area contributed by atoms with Gasteiger partial charge in [0.2, 0.25) is 0 Å². The van der Waals surface area contributed by atoms with Gasteiger partial charge < -0.3 is 14.7 Å². The number of aliphatic hydroxyl groups is 1. The lowest BCUT2D eigenvalue weighted by molar-refractivity contribution is 0.116. The highest BCUT2D eigenvalue weighted by molar-refractivity contribution is 6.30. The van der Waals surface area contributed by atoms with Gasteiger partial charge >= 0.3 is 0 Å². The Bertz CT molecular complexity index is 407. The van der Waals surface area contributed by atoms with Crippen LogP contribution in [0.4, 0.5) is 0 Å². The van der Waals surface area contributed by atoms with Crippen molar-refractivity contribution < 1.29 is 9.84 Å². The summed E-state index contributed by atoms with van der Waals surface area (Å²) in [5.41, 5.74) is 0. The van der Waals surface area contributed by atoms with E-state index in [0.29, 0.717) is 23.6 Å². The highest BCUT2D eigenvalue weighted by Gasteiger charge is 2.30. The maximum atomic E-state index is 9.61. The predicted molar refractivity (Wildman–Crippen MR) is 82.3 cm³/mol. The summed E-state index contributed by atoms with van der Waals surface area (Å²) in [5.74, 6) is 1.54. The number of nitrogens with zero attached hydrogens (tertiary/aromatic N) is 1. The highest BCUT2D eigenvalue weighted by Crippen LogP contribution is 2.26. The van der Waals surface area contributed by atoms with Gasteiger partial charge in [-0.15, -0.1) is 0 Å². The van der Waals surface area contributed by atoms with Crippen LogP contribution in [0.3, 0.4) is 0 Å². The van der Waals surface area contributed by atoms with E-state index in [-0.39, 0.29) is 12.5 Å². The second-order valence-electron chi connectivity index (χ2n) is 5.85. The normalized spacial score (nSPS) is 21.4. The molecule has 0 radical (unpaired) electrons. The van der Waals surface area contributed by atoms with Crippen molar-refractivity contribution in [1.82, 2.24) is 4.90 Å². The van der Waals surface area contributed by atoms with Crippen LogP contribution in [0.2, 0.25) is 5.02 Å². The molecule has 1 saturated heterocycles. The first-order chi connectivity index (χ1) is 9.60. The van der Waals surface area contributed by atoms with Crippen molar-refractivity contribution in [1.29, 1.82) is 0 Å². The van der Waals surface area contributed by atoms with Gasteiger partial charge in [0, 0.05) is 30.1 Å². The minimum atomic E-state index is 0.185. The fraction of sp³-hybridized carbons (Fsp3) is 0.625. The molecule has 20 heavy (non-hydrogen) atoms. The number of hydrogen-bond donors (Lipinski definition) is 1. The van der Waals surface area contributed by atoms with Gasteiger partial charge in [-0.25, -0.2) is 0 Å². The smallest absolute Gasteiger partial charge is 0.119 e. The Labute approximate surface area is 126 Å². The largest absolute Gasteiger partial charge is 0.493 e. The van der Waals surface area contributed by atoms with Crippen molar-refractivity contribution in [3.05, 3.63) is 29.3 Å². The topological polar surface area (TPSA) is 32.7 Å². The maximum Gasteiger partial charge on any atom is 0.119 e. The summed E-state index contributed by atoms with van der Waals surface area (Å²) in [6, 6.07) is 7.95. The minimum Gasteiger partial charge on any atom is -0.493 e. The molecule has 3 nitrogen and oxygen atoms in total. The fourth-order valence-electron chi connectivity index (χ4n) is 2.74. The molecule has 1 aromatic carbocycles. The Morgan fingerprint density at radius 1 is 1.35 bits per heavy atom. The molecular formula is C16H24ClNO2. The molecule has 112 valence electrons. The lowest BCUT2D eigenvalue weighted by Gasteiger charge is -2.24. The van der Waals surface area contributed by atoms with Crippen LogP contribution in [-0.2, 0) is 0 Å². The molecule has 4 heteroatoms. The maximum absolute atomic E-state index is 9.61. The summed E-state index contributed by atoms with van der Waals surface area (Å²) in [7, 11) is 0. The summed E-state index contributed by atoms with van der Waals surface area (Å²) >= 11 is 5.85. The average molecular weight is 298 g/mol. The number of rotatable bonds is 6. The molecule has 0 bridgehead atoms. The molecule has 0 amide bonds. The molecule has 0 aromatic heterocycles. The van der Waals surface area contributed by atoms with Crippen LogP contribution in [0.25, 0.3) is 0 Å². The molecule has 0 saturated carbocycles. The van der Waals surface area contributed by atoms with Crippen molar-refractivity contribution in [2.75, 3.05) is 26.3 Å². The Balaban J connectivity index is 1.85. The molecule has 1 aliphatic heterocycles. The number of likely N-dealkylation sites (tertiary alicyclic amines) is 1. The van der Waals surface area contributed by atoms with Gasteiger partial charge in [-0.05, 0) is 57.0 Å². The van der Waals surface area contributed by atoms with E-state index in [0.717, 1.165) is 25.3 Å². The van der Waals surface area contributed by atoms with Crippen LogP contribution in [0.15, 0.2) is 24.3 Å². The Hall–Kier alpha value is -0.770. The molecule has 2 atom stereocenters. The van der Waals surface area contributed by atoms with E-state index >= 15 is 0 Å². The Morgan fingerprint density at radius 2 is 2.05 bits per heavy atom. The molecule has 0 spiro atoms. The molecule has 1 fully saturated rings. The third-order valence-corrected chi connectivity index (χ3v) is 4.42. The molecule has 0 aliphatic carbocycles. The first-order valence-electron chi connectivity index (χ1n) is 7.33. The predicted octanol–water partition coefficient (Wildman–Crippen LogP) is 3.06. The number of aliphatic hydroxyl groups excluding tert-OH is 1. The number of ether oxygens (including phenoxy) is 1. The summed E-state index contributed by atoms with van der Waals surface area (Å²) < 4.78 is 5.78. The van der Waals surface area contributed by atoms with Gasteiger partial charge in [-0.2, -0.15) is 0 Å². The van der Waals surface area contributed by atoms with Crippen molar-refractivity contribution in [2.24, 2.45) is 11.8 Å². The second-order valence-corrected chi connectivity index (χ2v) is 6.28. The van der Waals surface area contributed by atoms with Crippen LogP contribution >= 0.6 is 11.6 Å². The lowest BCUT2D eigenvalue weighted by atomic mass is 9.93. The zero-order chi connectivity index (χ0) is 14.5. The molecule has 1 N–H and O–H groups in total. The third kappa shape index (κ3) is 4.11. The van der Waals surface area contributed by atoms with Crippen molar-refractivity contribution >= 4 is 11.6 Å². The molecule has 2 rings (SSSR count). The van der Waals surface area contributed by atoms with Crippen LogP contribution in [0.1, 0.15) is 20.3 Å². The van der Waals surface area contributed by atoms with Crippen LogP contribution in [0, 0.1) is 11.8 Å². The summed E-state index contributed by atoms with van der Waals surface area (Å²) in [6.45, 7) is 7.38. The van der Waals surface area contributed by atoms with E-state index in [1.54, 1.807) is 0 Å². The lowest BCUT2D eigenvalue weighted by Crippen LogP contribution is -2.31. The van der Waals surface area contributed by atoms with E-state index in [1.165, 1.54) is 0 Å². The van der Waals surface area contributed by atoms with Gasteiger partial charge in [0.1, 0.15) is 5.75 Å². The van der Waals surface area contributed by atoms with Gasteiger partial charge in [0.15, 0.2) is 0 Å². The third-order valence-electron chi connectivity index (χ3n) is 4.17. The van der Waals surface area contributed by atoms with E-state index in [4.69, 9.17) is 16.3 Å². The number of benzene rings is 1. The van der Waals surface area contributed by atoms with Crippen molar-refractivity contribution in [3.63, 3.8) is 0 Å². The molecular weight excluding hydrogens is 274 g/mol. The zero-order valence-electron chi connectivity index (χ0n) is 12.3. The summed E-state index contributed by atoms with van der Waals surface area (Å²) in [5, 5.41) is 10.3. The molecule has 1 heterocycles. The van der Waals surface area contributed by atoms with Gasteiger partial charge in [0.05, 0.1) is 6.61 Å². The van der Waals surface area contributed by atoms with Gasteiger partial charge in [-0.1, -0.05) is 11.6 Å². The molecule has 1 aromatic rings. The van der Waals surface area contributed by atoms with E-state index < -0.39 is 0 Å². The van der Waals surface area contributed by atoms with Crippen LogP contribution in [0.5, 0.6) is 5.75 Å². The minimum absolute atomic E-state index is 0.185.